The van der Waals surface area contributed by atoms with Gasteiger partial charge in [-0.2, -0.15) is 0 Å². The third-order valence-corrected chi connectivity index (χ3v) is 8.86. The van der Waals surface area contributed by atoms with Crippen molar-refractivity contribution in [3.63, 3.8) is 0 Å². The highest BCUT2D eigenvalue weighted by atomic mass is 79.9. The summed E-state index contributed by atoms with van der Waals surface area (Å²) in [6.07, 6.45) is 5.84. The maximum Gasteiger partial charge on any atom is 0.254 e. The van der Waals surface area contributed by atoms with Gasteiger partial charge in [0.15, 0.2) is 0 Å². The highest BCUT2D eigenvalue weighted by Crippen LogP contribution is 2.34. The lowest BCUT2D eigenvalue weighted by Gasteiger charge is -2.49. The minimum Gasteiger partial charge on any atom is -0.396 e. The van der Waals surface area contributed by atoms with E-state index in [1.165, 1.54) is 0 Å². The summed E-state index contributed by atoms with van der Waals surface area (Å²) >= 11 is 3.54. The molecule has 2 aliphatic rings. The fourth-order valence-corrected chi connectivity index (χ4v) is 6.20. The summed E-state index contributed by atoms with van der Waals surface area (Å²) in [5.41, 5.74) is 5.10. The Labute approximate surface area is 234 Å². The van der Waals surface area contributed by atoms with Crippen molar-refractivity contribution in [2.45, 2.75) is 52.0 Å². The van der Waals surface area contributed by atoms with Crippen molar-refractivity contribution in [3.8, 4) is 0 Å². The van der Waals surface area contributed by atoms with E-state index in [9.17, 15) is 4.79 Å². The van der Waals surface area contributed by atoms with Crippen molar-refractivity contribution < 1.29 is 9.63 Å². The first-order chi connectivity index (χ1) is 18.4. The Kier molecular flexibility index (Phi) is 8.15. The maximum atomic E-state index is 13.5. The summed E-state index contributed by atoms with van der Waals surface area (Å²) < 4.78 is 1.07. The SMILES string of the molecule is CCON=C(c1ccc(Br)cc1)C1CCN(C2(C)CCN(C(=O)c3ccnc4cc(C)ccc34)CC2)CC1. The number of aryl methyl sites for hydroxylation is 1. The second-order valence-electron chi connectivity index (χ2n) is 10.8. The minimum atomic E-state index is 0.105. The van der Waals surface area contributed by atoms with Crippen LogP contribution in [-0.2, 0) is 4.84 Å². The molecule has 2 fully saturated rings. The van der Waals surface area contributed by atoms with Gasteiger partial charge in [0.1, 0.15) is 6.61 Å². The Bertz CT molecular complexity index is 1310. The lowest BCUT2D eigenvalue weighted by atomic mass is 9.82. The number of hydrogen-bond acceptors (Lipinski definition) is 5. The molecule has 0 unspecified atom stereocenters. The van der Waals surface area contributed by atoms with Crippen molar-refractivity contribution in [1.82, 2.24) is 14.8 Å². The first kappa shape index (κ1) is 26.8. The molecule has 6 nitrogen and oxygen atoms in total. The number of aromatic nitrogens is 1. The highest BCUT2D eigenvalue weighted by Gasteiger charge is 2.39. The second-order valence-corrected chi connectivity index (χ2v) is 11.7. The quantitative estimate of drug-likeness (QED) is 0.250. The molecule has 7 heteroatoms. The molecule has 2 saturated heterocycles. The van der Waals surface area contributed by atoms with Gasteiger partial charge in [-0.15, -0.1) is 0 Å². The molecule has 0 saturated carbocycles. The highest BCUT2D eigenvalue weighted by molar-refractivity contribution is 9.10. The number of carbonyl (C=O) groups excluding carboxylic acids is 1. The molecule has 0 spiro atoms. The van der Waals surface area contributed by atoms with Gasteiger partial charge in [0.25, 0.3) is 5.91 Å². The number of rotatable bonds is 6. The maximum absolute atomic E-state index is 13.5. The summed E-state index contributed by atoms with van der Waals surface area (Å²) in [4.78, 5) is 28.2. The lowest BCUT2D eigenvalue weighted by molar-refractivity contribution is 0.0162. The smallest absolute Gasteiger partial charge is 0.254 e. The molecular weight excluding hydrogens is 540 g/mol. The van der Waals surface area contributed by atoms with Gasteiger partial charge in [-0.25, -0.2) is 0 Å². The van der Waals surface area contributed by atoms with E-state index < -0.39 is 0 Å². The zero-order valence-corrected chi connectivity index (χ0v) is 24.2. The molecule has 0 bridgehead atoms. The predicted octanol–water partition coefficient (Wildman–Crippen LogP) is 6.45. The Morgan fingerprint density at radius 2 is 1.79 bits per heavy atom. The van der Waals surface area contributed by atoms with Crippen molar-refractivity contribution in [2.24, 2.45) is 11.1 Å². The second kappa shape index (κ2) is 11.5. The van der Waals surface area contributed by atoms with E-state index >= 15 is 0 Å². The number of benzene rings is 2. The molecule has 1 aromatic heterocycles. The van der Waals surface area contributed by atoms with Gasteiger partial charge < -0.3 is 9.74 Å². The van der Waals surface area contributed by atoms with Crippen LogP contribution in [0, 0.1) is 12.8 Å². The first-order valence-corrected chi connectivity index (χ1v) is 14.5. The van der Waals surface area contributed by atoms with Crippen molar-refractivity contribution >= 4 is 38.5 Å². The fraction of sp³-hybridized carbons (Fsp3) is 0.452. The number of likely N-dealkylation sites (tertiary alicyclic amines) is 2. The van der Waals surface area contributed by atoms with E-state index in [0.717, 1.165) is 89.6 Å². The molecule has 0 aliphatic carbocycles. The van der Waals surface area contributed by atoms with Gasteiger partial charge in [0.2, 0.25) is 0 Å². The van der Waals surface area contributed by atoms with E-state index in [1.807, 2.05) is 30.0 Å². The minimum absolute atomic E-state index is 0.105. The number of halogens is 1. The molecule has 0 atom stereocenters. The van der Waals surface area contributed by atoms with Crippen molar-refractivity contribution in [3.05, 3.63) is 75.9 Å². The van der Waals surface area contributed by atoms with Crippen LogP contribution in [-0.4, -0.2) is 64.7 Å². The van der Waals surface area contributed by atoms with Crippen molar-refractivity contribution in [1.29, 1.82) is 0 Å². The molecule has 2 aliphatic heterocycles. The molecule has 1 amide bonds. The Balaban J connectivity index is 1.22. The molecule has 0 N–H and O–H groups in total. The Morgan fingerprint density at radius 1 is 1.08 bits per heavy atom. The summed E-state index contributed by atoms with van der Waals surface area (Å²) in [5, 5.41) is 5.48. The lowest BCUT2D eigenvalue weighted by Crippen LogP contribution is -2.56. The Morgan fingerprint density at radius 3 is 2.47 bits per heavy atom. The van der Waals surface area contributed by atoms with Crippen molar-refractivity contribution in [2.75, 3.05) is 32.8 Å². The fourth-order valence-electron chi connectivity index (χ4n) is 5.93. The molecule has 0 radical (unpaired) electrons. The zero-order chi connectivity index (χ0) is 26.7. The van der Waals surface area contributed by atoms with Gasteiger partial charge in [-0.1, -0.05) is 45.4 Å². The predicted molar refractivity (Wildman–Crippen MR) is 157 cm³/mol. The zero-order valence-electron chi connectivity index (χ0n) is 22.6. The van der Waals surface area contributed by atoms with Crippen LogP contribution in [0.25, 0.3) is 10.9 Å². The number of nitrogens with zero attached hydrogens (tertiary/aromatic N) is 4. The molecule has 200 valence electrons. The number of hydrogen-bond donors (Lipinski definition) is 0. The summed E-state index contributed by atoms with van der Waals surface area (Å²) in [7, 11) is 0. The number of pyridine rings is 1. The Hall–Kier alpha value is -2.77. The topological polar surface area (TPSA) is 58.0 Å². The normalized spacial score (nSPS) is 19.1. The van der Waals surface area contributed by atoms with Crippen LogP contribution < -0.4 is 0 Å². The summed E-state index contributed by atoms with van der Waals surface area (Å²) in [6.45, 7) is 10.6. The van der Waals surface area contributed by atoms with E-state index in [2.05, 4.69) is 75.1 Å². The van der Waals surface area contributed by atoms with Gasteiger partial charge in [0.05, 0.1) is 16.8 Å². The molecule has 38 heavy (non-hydrogen) atoms. The number of carbonyl (C=O) groups is 1. The van der Waals surface area contributed by atoms with E-state index in [4.69, 9.17) is 4.84 Å². The standard InChI is InChI=1S/C31H37BrN4O2/c1-4-38-34-29(23-6-8-25(32)9-7-23)24-12-17-36(18-13-24)31(3)14-19-35(20-15-31)30(37)27-11-16-33-28-21-22(2)5-10-26(27)28/h5-11,16,21,24H,4,12-15,17-20H2,1-3H3. The molecule has 2 aromatic carbocycles. The van der Waals surface area contributed by atoms with Crippen LogP contribution >= 0.6 is 15.9 Å². The van der Waals surface area contributed by atoms with Crippen LogP contribution in [0.3, 0.4) is 0 Å². The number of oxime groups is 1. The molecular formula is C31H37BrN4O2. The van der Waals surface area contributed by atoms with Crippen LogP contribution in [0.2, 0.25) is 0 Å². The first-order valence-electron chi connectivity index (χ1n) is 13.7. The third-order valence-electron chi connectivity index (χ3n) is 8.33. The van der Waals surface area contributed by atoms with Crippen LogP contribution in [0.4, 0.5) is 0 Å². The van der Waals surface area contributed by atoms with Gasteiger partial charge in [-0.3, -0.25) is 14.7 Å². The van der Waals surface area contributed by atoms with Gasteiger partial charge >= 0.3 is 0 Å². The van der Waals surface area contributed by atoms with Gasteiger partial charge in [-0.05, 0) is 94.9 Å². The third kappa shape index (κ3) is 5.64. The molecule has 5 rings (SSSR count). The monoisotopic (exact) mass is 576 g/mol. The van der Waals surface area contributed by atoms with Crippen LogP contribution in [0.5, 0.6) is 0 Å². The van der Waals surface area contributed by atoms with E-state index in [-0.39, 0.29) is 11.4 Å². The average molecular weight is 578 g/mol. The summed E-state index contributed by atoms with van der Waals surface area (Å²) in [6, 6.07) is 16.4. The number of piperidine rings is 2. The van der Waals surface area contributed by atoms with E-state index in [1.54, 1.807) is 6.20 Å². The van der Waals surface area contributed by atoms with Crippen LogP contribution in [0.1, 0.15) is 61.0 Å². The average Bonchev–Trinajstić information content (AvgIpc) is 2.94. The summed E-state index contributed by atoms with van der Waals surface area (Å²) in [5.74, 6) is 0.501. The van der Waals surface area contributed by atoms with E-state index in [0.29, 0.717) is 12.5 Å². The molecule has 3 heterocycles. The number of amides is 1. The van der Waals surface area contributed by atoms with Crippen LogP contribution in [0.15, 0.2) is 64.4 Å². The number of fused-ring (bicyclic) bond motifs is 1. The molecule has 3 aromatic rings. The van der Waals surface area contributed by atoms with Gasteiger partial charge in [0, 0.05) is 40.6 Å². The largest absolute Gasteiger partial charge is 0.396 e.